The van der Waals surface area contributed by atoms with Crippen LogP contribution < -0.4 is 10.6 Å². The van der Waals surface area contributed by atoms with Crippen LogP contribution in [-0.4, -0.2) is 9.97 Å². The summed E-state index contributed by atoms with van der Waals surface area (Å²) in [5.41, 5.74) is 4.83. The molecule has 0 aliphatic carbocycles. The SMILES string of the molecule is Cc1cc(Nc2ccc(C#N)cc2)nc(NCc2ccccc2C)n1. The third kappa shape index (κ3) is 4.33. The van der Waals surface area contributed by atoms with Gasteiger partial charge in [-0.15, -0.1) is 0 Å². The maximum Gasteiger partial charge on any atom is 0.225 e. The van der Waals surface area contributed by atoms with Crippen LogP contribution in [0.3, 0.4) is 0 Å². The highest BCUT2D eigenvalue weighted by Crippen LogP contribution is 2.18. The molecular weight excluding hydrogens is 310 g/mol. The van der Waals surface area contributed by atoms with Gasteiger partial charge in [-0.25, -0.2) is 4.98 Å². The molecule has 0 saturated heterocycles. The van der Waals surface area contributed by atoms with Gasteiger partial charge < -0.3 is 10.6 Å². The second-order valence-corrected chi connectivity index (χ2v) is 5.81. The summed E-state index contributed by atoms with van der Waals surface area (Å²) in [5, 5.41) is 15.4. The Labute approximate surface area is 147 Å². The second-order valence-electron chi connectivity index (χ2n) is 5.81. The van der Waals surface area contributed by atoms with Gasteiger partial charge in [0.05, 0.1) is 11.6 Å². The molecular formula is C20H19N5. The van der Waals surface area contributed by atoms with E-state index in [1.807, 2.05) is 37.3 Å². The largest absolute Gasteiger partial charge is 0.350 e. The first-order valence-corrected chi connectivity index (χ1v) is 8.05. The van der Waals surface area contributed by atoms with Crippen molar-refractivity contribution < 1.29 is 0 Å². The van der Waals surface area contributed by atoms with E-state index in [-0.39, 0.29) is 0 Å². The van der Waals surface area contributed by atoms with Gasteiger partial charge in [0.25, 0.3) is 0 Å². The zero-order valence-electron chi connectivity index (χ0n) is 14.2. The number of aromatic nitrogens is 2. The number of anilines is 3. The van der Waals surface area contributed by atoms with Crippen molar-refractivity contribution in [1.29, 1.82) is 5.26 Å². The number of rotatable bonds is 5. The fourth-order valence-corrected chi connectivity index (χ4v) is 2.47. The normalized spacial score (nSPS) is 10.1. The highest BCUT2D eigenvalue weighted by atomic mass is 15.1. The van der Waals surface area contributed by atoms with Crippen molar-refractivity contribution in [2.24, 2.45) is 0 Å². The van der Waals surface area contributed by atoms with Gasteiger partial charge in [0.1, 0.15) is 5.82 Å². The predicted octanol–water partition coefficient (Wildman–Crippen LogP) is 4.32. The monoisotopic (exact) mass is 329 g/mol. The van der Waals surface area contributed by atoms with E-state index in [4.69, 9.17) is 5.26 Å². The molecule has 25 heavy (non-hydrogen) atoms. The van der Waals surface area contributed by atoms with E-state index < -0.39 is 0 Å². The Kier molecular flexibility index (Phi) is 4.91. The topological polar surface area (TPSA) is 73.6 Å². The van der Waals surface area contributed by atoms with Gasteiger partial charge in [0, 0.05) is 24.0 Å². The Morgan fingerprint density at radius 2 is 1.76 bits per heavy atom. The van der Waals surface area contributed by atoms with Gasteiger partial charge in [-0.2, -0.15) is 10.2 Å². The van der Waals surface area contributed by atoms with E-state index in [9.17, 15) is 0 Å². The molecule has 3 rings (SSSR count). The molecule has 0 aliphatic rings. The average Bonchev–Trinajstić information content (AvgIpc) is 2.61. The Morgan fingerprint density at radius 3 is 2.48 bits per heavy atom. The summed E-state index contributed by atoms with van der Waals surface area (Å²) >= 11 is 0. The number of hydrogen-bond acceptors (Lipinski definition) is 5. The molecule has 0 atom stereocenters. The molecule has 0 fully saturated rings. The maximum atomic E-state index is 8.86. The van der Waals surface area contributed by atoms with E-state index in [0.717, 1.165) is 11.4 Å². The molecule has 5 heteroatoms. The minimum absolute atomic E-state index is 0.583. The van der Waals surface area contributed by atoms with Gasteiger partial charge >= 0.3 is 0 Å². The Bertz CT molecular complexity index is 910. The third-order valence-electron chi connectivity index (χ3n) is 3.84. The first-order chi connectivity index (χ1) is 12.1. The van der Waals surface area contributed by atoms with Crippen molar-refractivity contribution in [2.45, 2.75) is 20.4 Å². The van der Waals surface area contributed by atoms with E-state index >= 15 is 0 Å². The van der Waals surface area contributed by atoms with Crippen molar-refractivity contribution in [2.75, 3.05) is 10.6 Å². The molecule has 1 heterocycles. The molecule has 124 valence electrons. The maximum absolute atomic E-state index is 8.86. The summed E-state index contributed by atoms with van der Waals surface area (Å²) in [5.74, 6) is 1.30. The summed E-state index contributed by atoms with van der Waals surface area (Å²) in [4.78, 5) is 8.96. The minimum atomic E-state index is 0.583. The highest BCUT2D eigenvalue weighted by molar-refractivity contribution is 5.58. The summed E-state index contributed by atoms with van der Waals surface area (Å²) < 4.78 is 0. The van der Waals surface area contributed by atoms with Gasteiger partial charge in [-0.05, 0) is 49.2 Å². The van der Waals surface area contributed by atoms with E-state index in [1.165, 1.54) is 11.1 Å². The second kappa shape index (κ2) is 7.45. The van der Waals surface area contributed by atoms with Crippen molar-refractivity contribution in [3.8, 4) is 6.07 Å². The van der Waals surface area contributed by atoms with Gasteiger partial charge in [-0.3, -0.25) is 0 Å². The standard InChI is InChI=1S/C20H19N5/c1-14-5-3-4-6-17(14)13-22-20-23-15(2)11-19(25-20)24-18-9-7-16(12-21)8-10-18/h3-11H,13H2,1-2H3,(H2,22,23,24,25). The number of hydrogen-bond donors (Lipinski definition) is 2. The van der Waals surface area contributed by atoms with E-state index in [1.54, 1.807) is 12.1 Å². The number of nitriles is 1. The van der Waals surface area contributed by atoms with E-state index in [2.05, 4.69) is 45.7 Å². The van der Waals surface area contributed by atoms with Crippen LogP contribution in [0.4, 0.5) is 17.5 Å². The first-order valence-electron chi connectivity index (χ1n) is 8.05. The summed E-state index contributed by atoms with van der Waals surface area (Å²) in [6.07, 6.45) is 0. The van der Waals surface area contributed by atoms with Crippen LogP contribution >= 0.6 is 0 Å². The minimum Gasteiger partial charge on any atom is -0.350 e. The lowest BCUT2D eigenvalue weighted by Gasteiger charge is -2.11. The molecule has 0 aliphatic heterocycles. The fraction of sp³-hybridized carbons (Fsp3) is 0.150. The lowest BCUT2D eigenvalue weighted by Crippen LogP contribution is -2.07. The lowest BCUT2D eigenvalue weighted by molar-refractivity contribution is 1.02. The zero-order valence-corrected chi connectivity index (χ0v) is 14.2. The smallest absolute Gasteiger partial charge is 0.225 e. The zero-order chi connectivity index (χ0) is 17.6. The van der Waals surface area contributed by atoms with Gasteiger partial charge in [0.2, 0.25) is 5.95 Å². The fourth-order valence-electron chi connectivity index (χ4n) is 2.47. The summed E-state index contributed by atoms with van der Waals surface area (Å²) in [6, 6.07) is 19.5. The van der Waals surface area contributed by atoms with Crippen LogP contribution in [0.1, 0.15) is 22.4 Å². The molecule has 0 radical (unpaired) electrons. The Hall–Kier alpha value is -3.39. The van der Waals surface area contributed by atoms with Crippen LogP contribution in [-0.2, 0) is 6.54 Å². The molecule has 1 aromatic heterocycles. The molecule has 2 aromatic carbocycles. The molecule has 3 aromatic rings. The van der Waals surface area contributed by atoms with Crippen LogP contribution in [0, 0.1) is 25.2 Å². The van der Waals surface area contributed by atoms with Crippen LogP contribution in [0.2, 0.25) is 0 Å². The molecule has 0 unspecified atom stereocenters. The highest BCUT2D eigenvalue weighted by Gasteiger charge is 2.04. The van der Waals surface area contributed by atoms with Gasteiger partial charge in [-0.1, -0.05) is 24.3 Å². The molecule has 2 N–H and O–H groups in total. The predicted molar refractivity (Wildman–Crippen MR) is 99.7 cm³/mol. The molecule has 0 spiro atoms. The third-order valence-corrected chi connectivity index (χ3v) is 3.84. The lowest BCUT2D eigenvalue weighted by atomic mass is 10.1. The van der Waals surface area contributed by atoms with Crippen LogP contribution in [0.25, 0.3) is 0 Å². The van der Waals surface area contributed by atoms with Crippen molar-refractivity contribution in [3.05, 3.63) is 77.0 Å². The van der Waals surface area contributed by atoms with E-state index in [0.29, 0.717) is 23.9 Å². The Balaban J connectivity index is 1.73. The average molecular weight is 329 g/mol. The molecule has 5 nitrogen and oxygen atoms in total. The number of aryl methyl sites for hydroxylation is 2. The van der Waals surface area contributed by atoms with Crippen LogP contribution in [0.15, 0.2) is 54.6 Å². The molecule has 0 bridgehead atoms. The Morgan fingerprint density at radius 1 is 1.00 bits per heavy atom. The van der Waals surface area contributed by atoms with Crippen molar-refractivity contribution in [3.63, 3.8) is 0 Å². The molecule has 0 amide bonds. The number of nitrogens with zero attached hydrogens (tertiary/aromatic N) is 3. The summed E-state index contributed by atoms with van der Waals surface area (Å²) in [7, 11) is 0. The van der Waals surface area contributed by atoms with Crippen molar-refractivity contribution in [1.82, 2.24) is 9.97 Å². The number of benzene rings is 2. The molecule has 0 saturated carbocycles. The number of nitrogens with one attached hydrogen (secondary N) is 2. The van der Waals surface area contributed by atoms with Crippen molar-refractivity contribution >= 4 is 17.5 Å². The van der Waals surface area contributed by atoms with Crippen LogP contribution in [0.5, 0.6) is 0 Å². The first kappa shape index (κ1) is 16.5. The summed E-state index contributed by atoms with van der Waals surface area (Å²) in [6.45, 7) is 4.70. The quantitative estimate of drug-likeness (QED) is 0.729. The van der Waals surface area contributed by atoms with Gasteiger partial charge in [0.15, 0.2) is 0 Å².